The lowest BCUT2D eigenvalue weighted by atomic mass is 9.94. The second kappa shape index (κ2) is 9.71. The second-order valence-corrected chi connectivity index (χ2v) is 9.31. The minimum absolute atomic E-state index is 0.370. The topological polar surface area (TPSA) is 30.0 Å². The first kappa shape index (κ1) is 19.7. The van der Waals surface area contributed by atoms with E-state index in [2.05, 4.69) is 19.6 Å². The van der Waals surface area contributed by atoms with Gasteiger partial charge in [-0.25, -0.2) is 0 Å². The molecule has 1 saturated carbocycles. The van der Waals surface area contributed by atoms with Crippen molar-refractivity contribution >= 4 is 5.91 Å². The molecule has 4 rings (SSSR count). The van der Waals surface area contributed by atoms with Crippen molar-refractivity contribution in [2.45, 2.75) is 76.3 Å². The zero-order chi connectivity index (χ0) is 18.5. The normalized spacial score (nSPS) is 28.5. The third-order valence-electron chi connectivity index (χ3n) is 7.58. The van der Waals surface area contributed by atoms with Crippen LogP contribution in [0.1, 0.15) is 64.2 Å². The molecular weight excluding hydrogens is 336 g/mol. The van der Waals surface area contributed by atoms with Crippen LogP contribution in [0.3, 0.4) is 0 Å². The van der Waals surface area contributed by atoms with Crippen LogP contribution < -0.4 is 0 Å². The van der Waals surface area contributed by atoms with Crippen LogP contribution in [0.5, 0.6) is 0 Å². The van der Waals surface area contributed by atoms with Gasteiger partial charge in [0.15, 0.2) is 0 Å². The van der Waals surface area contributed by atoms with E-state index >= 15 is 0 Å². The Labute approximate surface area is 166 Å². The highest BCUT2D eigenvalue weighted by Crippen LogP contribution is 2.24. The van der Waals surface area contributed by atoms with Crippen molar-refractivity contribution in [3.63, 3.8) is 0 Å². The first-order chi connectivity index (χ1) is 13.3. The minimum Gasteiger partial charge on any atom is -0.339 e. The Morgan fingerprint density at radius 2 is 1.15 bits per heavy atom. The fourth-order valence-corrected chi connectivity index (χ4v) is 5.80. The summed E-state index contributed by atoms with van der Waals surface area (Å²) in [5, 5.41) is 0. The molecule has 0 spiro atoms. The van der Waals surface area contributed by atoms with E-state index in [0.717, 1.165) is 51.4 Å². The molecule has 4 aliphatic rings. The number of carbonyl (C=O) groups excluding carboxylic acids is 1. The summed E-state index contributed by atoms with van der Waals surface area (Å²) >= 11 is 0. The van der Waals surface area contributed by atoms with Crippen LogP contribution in [0.4, 0.5) is 0 Å². The van der Waals surface area contributed by atoms with Crippen LogP contribution in [-0.4, -0.2) is 96.5 Å². The average Bonchev–Trinajstić information content (AvgIpc) is 2.76. The monoisotopic (exact) mass is 376 g/mol. The number of amides is 1. The first-order valence-corrected chi connectivity index (χ1v) is 11.8. The molecule has 3 aliphatic heterocycles. The van der Waals surface area contributed by atoms with Crippen LogP contribution in [0.15, 0.2) is 0 Å². The van der Waals surface area contributed by atoms with Crippen LogP contribution in [0.25, 0.3) is 0 Å². The van der Waals surface area contributed by atoms with Crippen LogP contribution in [0.2, 0.25) is 0 Å². The summed E-state index contributed by atoms with van der Waals surface area (Å²) in [5.74, 6) is 0.370. The molecule has 4 fully saturated rings. The molecule has 0 aromatic heterocycles. The quantitative estimate of drug-likeness (QED) is 0.754. The Bertz CT molecular complexity index is 457. The van der Waals surface area contributed by atoms with Gasteiger partial charge in [0.25, 0.3) is 0 Å². The van der Waals surface area contributed by atoms with Gasteiger partial charge in [-0.1, -0.05) is 25.7 Å². The van der Waals surface area contributed by atoms with Crippen molar-refractivity contribution in [3.8, 4) is 0 Å². The lowest BCUT2D eigenvalue weighted by molar-refractivity contribution is -0.135. The summed E-state index contributed by atoms with van der Waals surface area (Å²) in [5.41, 5.74) is 0. The molecule has 5 heteroatoms. The molecule has 0 bridgehead atoms. The molecule has 154 valence electrons. The lowest BCUT2D eigenvalue weighted by Crippen LogP contribution is -2.55. The van der Waals surface area contributed by atoms with Gasteiger partial charge in [-0.2, -0.15) is 0 Å². The molecule has 0 unspecified atom stereocenters. The van der Waals surface area contributed by atoms with Gasteiger partial charge >= 0.3 is 0 Å². The Morgan fingerprint density at radius 1 is 0.593 bits per heavy atom. The van der Waals surface area contributed by atoms with Crippen molar-refractivity contribution in [1.29, 1.82) is 0 Å². The van der Waals surface area contributed by atoms with Gasteiger partial charge in [0.05, 0.1) is 6.54 Å². The largest absolute Gasteiger partial charge is 0.339 e. The molecule has 0 aromatic rings. The zero-order valence-corrected chi connectivity index (χ0v) is 17.3. The summed E-state index contributed by atoms with van der Waals surface area (Å²) in [6, 6.07) is 1.57. The number of piperidine rings is 2. The van der Waals surface area contributed by atoms with Crippen molar-refractivity contribution in [1.82, 2.24) is 19.6 Å². The summed E-state index contributed by atoms with van der Waals surface area (Å²) in [6.45, 7) is 9.53. The van der Waals surface area contributed by atoms with Gasteiger partial charge in [-0.05, 0) is 51.6 Å². The van der Waals surface area contributed by atoms with E-state index in [-0.39, 0.29) is 0 Å². The number of likely N-dealkylation sites (tertiary alicyclic amines) is 2. The molecule has 27 heavy (non-hydrogen) atoms. The first-order valence-electron chi connectivity index (χ1n) is 11.8. The number of hydrogen-bond donors (Lipinski definition) is 0. The van der Waals surface area contributed by atoms with Crippen LogP contribution >= 0.6 is 0 Å². The van der Waals surface area contributed by atoms with Crippen molar-refractivity contribution in [2.24, 2.45) is 0 Å². The average molecular weight is 377 g/mol. The number of piperazine rings is 1. The van der Waals surface area contributed by atoms with E-state index in [9.17, 15) is 4.79 Å². The Hall–Kier alpha value is -0.650. The standard InChI is InChI=1S/C22H40N4O/c27-22(26-17-15-25(16-18-26)20-7-3-1-4-8-20)19-23-13-9-21(10-14-23)24-11-5-2-6-12-24/h20-21H,1-19H2. The van der Waals surface area contributed by atoms with E-state index in [1.807, 2.05) is 0 Å². The number of rotatable bonds is 4. The fraction of sp³-hybridized carbons (Fsp3) is 0.955. The highest BCUT2D eigenvalue weighted by atomic mass is 16.2. The van der Waals surface area contributed by atoms with Gasteiger partial charge in [-0.3, -0.25) is 14.6 Å². The molecule has 0 atom stereocenters. The highest BCUT2D eigenvalue weighted by molar-refractivity contribution is 5.78. The summed E-state index contributed by atoms with van der Waals surface area (Å²) < 4.78 is 0. The van der Waals surface area contributed by atoms with E-state index in [4.69, 9.17) is 0 Å². The predicted octanol–water partition coefficient (Wildman–Crippen LogP) is 2.41. The van der Waals surface area contributed by atoms with E-state index in [0.29, 0.717) is 12.5 Å². The van der Waals surface area contributed by atoms with Crippen molar-refractivity contribution in [3.05, 3.63) is 0 Å². The summed E-state index contributed by atoms with van der Waals surface area (Å²) in [4.78, 5) is 22.7. The molecule has 0 N–H and O–H groups in total. The number of nitrogens with zero attached hydrogens (tertiary/aromatic N) is 4. The van der Waals surface area contributed by atoms with Crippen molar-refractivity contribution in [2.75, 3.05) is 58.9 Å². The predicted molar refractivity (Wildman–Crippen MR) is 110 cm³/mol. The Balaban J connectivity index is 1.16. The Kier molecular flexibility index (Phi) is 7.07. The lowest BCUT2D eigenvalue weighted by Gasteiger charge is -2.42. The fourth-order valence-electron chi connectivity index (χ4n) is 5.80. The molecule has 3 saturated heterocycles. The molecule has 0 aromatic carbocycles. The summed E-state index contributed by atoms with van der Waals surface area (Å²) in [6.07, 6.45) is 13.7. The van der Waals surface area contributed by atoms with E-state index < -0.39 is 0 Å². The van der Waals surface area contributed by atoms with Gasteiger partial charge in [-0.15, -0.1) is 0 Å². The number of carbonyl (C=O) groups is 1. The molecule has 0 radical (unpaired) electrons. The Morgan fingerprint density at radius 3 is 1.81 bits per heavy atom. The summed E-state index contributed by atoms with van der Waals surface area (Å²) in [7, 11) is 0. The molecule has 3 heterocycles. The second-order valence-electron chi connectivity index (χ2n) is 9.31. The number of hydrogen-bond acceptors (Lipinski definition) is 4. The van der Waals surface area contributed by atoms with Crippen LogP contribution in [0, 0.1) is 0 Å². The van der Waals surface area contributed by atoms with Gasteiger partial charge < -0.3 is 9.80 Å². The SMILES string of the molecule is O=C(CN1CCC(N2CCCCC2)CC1)N1CCN(C2CCCCC2)CC1. The third-order valence-corrected chi connectivity index (χ3v) is 7.58. The highest BCUT2D eigenvalue weighted by Gasteiger charge is 2.30. The maximum atomic E-state index is 12.8. The molecule has 1 aliphatic carbocycles. The maximum Gasteiger partial charge on any atom is 0.236 e. The van der Waals surface area contributed by atoms with Gasteiger partial charge in [0.2, 0.25) is 5.91 Å². The van der Waals surface area contributed by atoms with Gasteiger partial charge in [0.1, 0.15) is 0 Å². The third kappa shape index (κ3) is 5.24. The minimum atomic E-state index is 0.370. The van der Waals surface area contributed by atoms with Gasteiger partial charge in [0, 0.05) is 51.4 Å². The maximum absolute atomic E-state index is 12.8. The van der Waals surface area contributed by atoms with E-state index in [1.54, 1.807) is 0 Å². The zero-order valence-electron chi connectivity index (χ0n) is 17.3. The molecule has 1 amide bonds. The molecular formula is C22H40N4O. The van der Waals surface area contributed by atoms with Crippen LogP contribution in [-0.2, 0) is 4.79 Å². The smallest absolute Gasteiger partial charge is 0.236 e. The molecule has 5 nitrogen and oxygen atoms in total. The van der Waals surface area contributed by atoms with Crippen molar-refractivity contribution < 1.29 is 4.79 Å². The van der Waals surface area contributed by atoms with E-state index in [1.165, 1.54) is 77.3 Å².